The van der Waals surface area contributed by atoms with Gasteiger partial charge in [0.1, 0.15) is 0 Å². The van der Waals surface area contributed by atoms with Gasteiger partial charge in [0.05, 0.1) is 0 Å². The van der Waals surface area contributed by atoms with Gasteiger partial charge in [-0.2, -0.15) is 0 Å². The third-order valence-corrected chi connectivity index (χ3v) is 10.5. The smallest absolute Gasteiger partial charge is 0.0204 e. The van der Waals surface area contributed by atoms with Crippen LogP contribution in [0.2, 0.25) is 0 Å². The van der Waals surface area contributed by atoms with Crippen molar-refractivity contribution in [1.29, 1.82) is 0 Å². The molecule has 2 aliphatic carbocycles. The normalized spacial score (nSPS) is 44.7. The van der Waals surface area contributed by atoms with E-state index < -0.39 is 0 Å². The Morgan fingerprint density at radius 3 is 1.96 bits per heavy atom. The summed E-state index contributed by atoms with van der Waals surface area (Å²) in [6.07, 6.45) is 9.64. The molecular formula is C22H34S2. The number of hydrogen-bond donors (Lipinski definition) is 0. The second-order valence-electron chi connectivity index (χ2n) is 9.74. The molecule has 0 N–H and O–H groups in total. The Morgan fingerprint density at radius 1 is 0.958 bits per heavy atom. The van der Waals surface area contributed by atoms with Crippen LogP contribution in [0.4, 0.5) is 0 Å². The van der Waals surface area contributed by atoms with Crippen LogP contribution >= 0.6 is 23.5 Å². The average molecular weight is 363 g/mol. The van der Waals surface area contributed by atoms with Gasteiger partial charge in [-0.25, -0.2) is 0 Å². The zero-order chi connectivity index (χ0) is 17.2. The van der Waals surface area contributed by atoms with Crippen LogP contribution in [-0.2, 0) is 0 Å². The summed E-state index contributed by atoms with van der Waals surface area (Å²) in [5.41, 5.74) is 0.475. The zero-order valence-electron chi connectivity index (χ0n) is 16.2. The molecule has 5 unspecified atom stereocenters. The molecule has 0 aromatic carbocycles. The minimum Gasteiger partial charge on any atom is -0.127 e. The van der Waals surface area contributed by atoms with Crippen LogP contribution in [0.25, 0.3) is 0 Å². The fourth-order valence-corrected chi connectivity index (χ4v) is 9.88. The Labute approximate surface area is 157 Å². The van der Waals surface area contributed by atoms with Crippen LogP contribution in [0.1, 0.15) is 60.8 Å². The number of allylic oxidation sites excluding steroid dienone is 4. The lowest BCUT2D eigenvalue weighted by atomic mass is 9.66. The largest absolute Gasteiger partial charge is 0.127 e. The van der Waals surface area contributed by atoms with E-state index in [-0.39, 0.29) is 0 Å². The molecule has 2 aliphatic heterocycles. The second-order valence-corrected chi connectivity index (χ2v) is 12.6. The van der Waals surface area contributed by atoms with Gasteiger partial charge in [0, 0.05) is 10.5 Å². The first-order valence-corrected chi connectivity index (χ1v) is 11.7. The first-order chi connectivity index (χ1) is 11.3. The molecule has 7 atom stereocenters. The molecule has 0 spiro atoms. The molecule has 0 amide bonds. The first-order valence-electron chi connectivity index (χ1n) is 9.99. The highest BCUT2D eigenvalue weighted by Gasteiger charge is 2.59. The van der Waals surface area contributed by atoms with Crippen molar-refractivity contribution in [2.24, 2.45) is 40.9 Å². The third-order valence-electron chi connectivity index (χ3n) is 7.74. The molecule has 2 heteroatoms. The van der Waals surface area contributed by atoms with Gasteiger partial charge < -0.3 is 0 Å². The van der Waals surface area contributed by atoms with Crippen LogP contribution < -0.4 is 0 Å². The number of hydrogen-bond acceptors (Lipinski definition) is 2. The second kappa shape index (κ2) is 6.12. The van der Waals surface area contributed by atoms with Crippen molar-refractivity contribution in [3.05, 3.63) is 22.0 Å². The van der Waals surface area contributed by atoms with Gasteiger partial charge >= 0.3 is 0 Å². The third kappa shape index (κ3) is 2.66. The number of thioether (sulfide) groups is 2. The molecule has 4 rings (SSSR count). The predicted octanol–water partition coefficient (Wildman–Crippen LogP) is 6.99. The minimum absolute atomic E-state index is 0.475. The molecule has 2 heterocycles. The highest BCUT2D eigenvalue weighted by Crippen LogP contribution is 2.65. The SMILES string of the molecule is CC1=CC2C(S1)C(C(C)(C)C1CC[C@@H](C(C)C)C1)C1SC(C)=C[C@@H]21. The van der Waals surface area contributed by atoms with Gasteiger partial charge in [0.15, 0.2) is 0 Å². The Balaban J connectivity index is 1.61. The summed E-state index contributed by atoms with van der Waals surface area (Å²) in [5, 5.41) is 1.68. The van der Waals surface area contributed by atoms with Gasteiger partial charge in [-0.3, -0.25) is 0 Å². The summed E-state index contributed by atoms with van der Waals surface area (Å²) < 4.78 is 0. The number of fused-ring (bicyclic) bond motifs is 3. The van der Waals surface area contributed by atoms with E-state index in [1.54, 1.807) is 9.81 Å². The van der Waals surface area contributed by atoms with E-state index in [4.69, 9.17) is 0 Å². The molecule has 2 fully saturated rings. The summed E-state index contributed by atoms with van der Waals surface area (Å²) in [7, 11) is 0. The van der Waals surface area contributed by atoms with Gasteiger partial charge in [-0.1, -0.05) is 39.8 Å². The number of rotatable bonds is 3. The van der Waals surface area contributed by atoms with Crippen LogP contribution in [0.5, 0.6) is 0 Å². The summed E-state index contributed by atoms with van der Waals surface area (Å²) >= 11 is 4.43. The van der Waals surface area contributed by atoms with Crippen molar-refractivity contribution in [3.63, 3.8) is 0 Å². The Morgan fingerprint density at radius 2 is 1.50 bits per heavy atom. The molecular weight excluding hydrogens is 328 g/mol. The molecule has 134 valence electrons. The van der Waals surface area contributed by atoms with Crippen molar-refractivity contribution < 1.29 is 0 Å². The van der Waals surface area contributed by atoms with Crippen LogP contribution in [-0.4, -0.2) is 10.5 Å². The standard InChI is InChI=1S/C22H34S2/c1-12(2)15-7-8-16(11-15)22(5,6)19-20-17(9-13(3)23-20)18-10-14(4)24-21(18)19/h9-10,12,15-21H,7-8,11H2,1-6H3/t15-,16?,17+,18?,19?,20?,21?/m1/s1. The van der Waals surface area contributed by atoms with Crippen molar-refractivity contribution in [3.8, 4) is 0 Å². The molecule has 0 nitrogen and oxygen atoms in total. The van der Waals surface area contributed by atoms with Gasteiger partial charge in [0.25, 0.3) is 0 Å². The lowest BCUT2D eigenvalue weighted by Crippen LogP contribution is -2.40. The van der Waals surface area contributed by atoms with E-state index in [1.807, 2.05) is 0 Å². The van der Waals surface area contributed by atoms with E-state index in [1.165, 1.54) is 19.3 Å². The average Bonchev–Trinajstić information content (AvgIpc) is 3.19. The minimum atomic E-state index is 0.475. The van der Waals surface area contributed by atoms with Crippen molar-refractivity contribution in [2.45, 2.75) is 71.3 Å². The van der Waals surface area contributed by atoms with Gasteiger partial charge in [-0.05, 0) is 83.8 Å². The summed E-state index contributed by atoms with van der Waals surface area (Å²) in [5.74, 6) is 5.23. The van der Waals surface area contributed by atoms with Crippen LogP contribution in [0.15, 0.2) is 22.0 Å². The molecule has 24 heavy (non-hydrogen) atoms. The predicted molar refractivity (Wildman–Crippen MR) is 110 cm³/mol. The molecule has 0 aromatic rings. The Bertz CT molecular complexity index is 539. The quantitative estimate of drug-likeness (QED) is 0.531. The van der Waals surface area contributed by atoms with Crippen molar-refractivity contribution in [2.75, 3.05) is 0 Å². The fraction of sp³-hybridized carbons (Fsp3) is 0.818. The maximum absolute atomic E-state index is 2.63. The molecule has 4 aliphatic rings. The monoisotopic (exact) mass is 362 g/mol. The summed E-state index contributed by atoms with van der Waals surface area (Å²) in [6.45, 7) is 14.8. The maximum Gasteiger partial charge on any atom is 0.0204 e. The topological polar surface area (TPSA) is 0 Å². The van der Waals surface area contributed by atoms with Crippen molar-refractivity contribution >= 4 is 23.5 Å². The summed E-state index contributed by atoms with van der Waals surface area (Å²) in [6, 6.07) is 0. The molecule has 0 bridgehead atoms. The summed E-state index contributed by atoms with van der Waals surface area (Å²) in [4.78, 5) is 3.16. The van der Waals surface area contributed by atoms with E-state index in [0.717, 1.165) is 46.0 Å². The molecule has 0 saturated heterocycles. The fourth-order valence-electron chi connectivity index (χ4n) is 6.29. The van der Waals surface area contributed by atoms with Gasteiger partial charge in [0.2, 0.25) is 0 Å². The highest BCUT2D eigenvalue weighted by molar-refractivity contribution is 8.05. The van der Waals surface area contributed by atoms with E-state index in [2.05, 4.69) is 77.2 Å². The van der Waals surface area contributed by atoms with E-state index in [9.17, 15) is 0 Å². The van der Waals surface area contributed by atoms with Crippen LogP contribution in [0, 0.1) is 40.9 Å². The lowest BCUT2D eigenvalue weighted by Gasteiger charge is -2.43. The van der Waals surface area contributed by atoms with E-state index in [0.29, 0.717) is 5.41 Å². The van der Waals surface area contributed by atoms with Crippen molar-refractivity contribution in [1.82, 2.24) is 0 Å². The van der Waals surface area contributed by atoms with Gasteiger partial charge in [-0.15, -0.1) is 23.5 Å². The van der Waals surface area contributed by atoms with Crippen LogP contribution in [0.3, 0.4) is 0 Å². The molecule has 0 radical (unpaired) electrons. The van der Waals surface area contributed by atoms with E-state index >= 15 is 0 Å². The zero-order valence-corrected chi connectivity index (χ0v) is 17.8. The first kappa shape index (κ1) is 17.6. The Hall–Kier alpha value is 0.180. The Kier molecular flexibility index (Phi) is 4.48. The maximum atomic E-state index is 2.63. The lowest BCUT2D eigenvalue weighted by molar-refractivity contribution is 0.119. The highest BCUT2D eigenvalue weighted by atomic mass is 32.2. The molecule has 2 saturated carbocycles. The molecule has 0 aromatic heterocycles.